The largest absolute Gasteiger partial charge is 0.497 e. The van der Waals surface area contributed by atoms with Crippen LogP contribution in [-0.4, -0.2) is 7.11 Å². The number of fused-ring (bicyclic) bond motifs is 1. The van der Waals surface area contributed by atoms with Crippen LogP contribution in [0, 0.1) is 0 Å². The highest BCUT2D eigenvalue weighted by Gasteiger charge is 2.12. The van der Waals surface area contributed by atoms with Gasteiger partial charge in [0, 0.05) is 30.1 Å². The molecule has 4 heteroatoms. The minimum atomic E-state index is -0.343. The second kappa shape index (κ2) is 7.99. The van der Waals surface area contributed by atoms with E-state index in [1.165, 1.54) is 5.56 Å². The van der Waals surface area contributed by atoms with E-state index in [2.05, 4.69) is 36.5 Å². The molecular weight excluding hydrogens is 314 g/mol. The van der Waals surface area contributed by atoms with E-state index in [9.17, 15) is 4.79 Å². The number of ether oxygens (including phenoxy) is 1. The summed E-state index contributed by atoms with van der Waals surface area (Å²) in [6, 6.07) is 17.8. The standard InChI is InChI=1S/C21H23NO3/c1-3-7-19(15-8-5-4-6-9-15)22-14-16-12-21(23)25-20-13-17(24-2)10-11-18(16)20/h4-6,8-13,19,22H,3,7,14H2,1-2H3/t19-/m0/s1. The Kier molecular flexibility index (Phi) is 5.51. The van der Waals surface area contributed by atoms with Crippen LogP contribution in [0.1, 0.15) is 36.9 Å². The monoisotopic (exact) mass is 337 g/mol. The van der Waals surface area contributed by atoms with Crippen molar-refractivity contribution in [3.05, 3.63) is 76.1 Å². The van der Waals surface area contributed by atoms with Gasteiger partial charge < -0.3 is 14.5 Å². The lowest BCUT2D eigenvalue weighted by Gasteiger charge is -2.19. The molecule has 0 saturated heterocycles. The maximum atomic E-state index is 11.9. The van der Waals surface area contributed by atoms with Crippen molar-refractivity contribution in [3.63, 3.8) is 0 Å². The molecular formula is C21H23NO3. The van der Waals surface area contributed by atoms with Gasteiger partial charge in [0.2, 0.25) is 0 Å². The molecule has 3 aromatic rings. The summed E-state index contributed by atoms with van der Waals surface area (Å²) in [5, 5.41) is 4.52. The molecule has 1 aromatic heterocycles. The van der Waals surface area contributed by atoms with Crippen LogP contribution in [0.5, 0.6) is 5.75 Å². The van der Waals surface area contributed by atoms with Gasteiger partial charge in [-0.25, -0.2) is 4.79 Å². The Morgan fingerprint density at radius 2 is 1.92 bits per heavy atom. The van der Waals surface area contributed by atoms with Gasteiger partial charge in [-0.3, -0.25) is 0 Å². The minimum Gasteiger partial charge on any atom is -0.497 e. The summed E-state index contributed by atoms with van der Waals surface area (Å²) in [7, 11) is 1.60. The summed E-state index contributed by atoms with van der Waals surface area (Å²) >= 11 is 0. The van der Waals surface area contributed by atoms with Gasteiger partial charge in [0.15, 0.2) is 0 Å². The predicted molar refractivity (Wildman–Crippen MR) is 100.0 cm³/mol. The quantitative estimate of drug-likeness (QED) is 0.648. The number of nitrogens with one attached hydrogen (secondary N) is 1. The fourth-order valence-corrected chi connectivity index (χ4v) is 3.08. The van der Waals surface area contributed by atoms with E-state index in [-0.39, 0.29) is 11.7 Å². The lowest BCUT2D eigenvalue weighted by molar-refractivity contribution is 0.414. The number of hydrogen-bond donors (Lipinski definition) is 1. The zero-order chi connectivity index (χ0) is 17.6. The van der Waals surface area contributed by atoms with Crippen molar-refractivity contribution in [1.29, 1.82) is 0 Å². The highest BCUT2D eigenvalue weighted by atomic mass is 16.5. The van der Waals surface area contributed by atoms with Crippen molar-refractivity contribution < 1.29 is 9.15 Å². The van der Waals surface area contributed by atoms with Gasteiger partial charge in [0.05, 0.1) is 7.11 Å². The van der Waals surface area contributed by atoms with Crippen molar-refractivity contribution >= 4 is 11.0 Å². The second-order valence-electron chi connectivity index (χ2n) is 6.09. The molecule has 0 fully saturated rings. The molecule has 1 N–H and O–H groups in total. The van der Waals surface area contributed by atoms with E-state index in [0.717, 1.165) is 23.8 Å². The molecule has 0 bridgehead atoms. The molecule has 0 spiro atoms. The van der Waals surface area contributed by atoms with Crippen LogP contribution in [0.3, 0.4) is 0 Å². The zero-order valence-corrected chi connectivity index (χ0v) is 14.6. The maximum Gasteiger partial charge on any atom is 0.336 e. The van der Waals surface area contributed by atoms with Crippen molar-refractivity contribution in [1.82, 2.24) is 5.32 Å². The van der Waals surface area contributed by atoms with Crippen LogP contribution >= 0.6 is 0 Å². The van der Waals surface area contributed by atoms with Gasteiger partial charge >= 0.3 is 5.63 Å². The van der Waals surface area contributed by atoms with E-state index < -0.39 is 0 Å². The molecule has 1 heterocycles. The molecule has 0 saturated carbocycles. The van der Waals surface area contributed by atoms with Gasteiger partial charge in [-0.15, -0.1) is 0 Å². The average molecular weight is 337 g/mol. The molecule has 0 aliphatic rings. The van der Waals surface area contributed by atoms with E-state index in [4.69, 9.17) is 9.15 Å². The normalized spacial score (nSPS) is 12.2. The van der Waals surface area contributed by atoms with E-state index in [1.807, 2.05) is 18.2 Å². The highest BCUT2D eigenvalue weighted by molar-refractivity contribution is 5.81. The SMILES string of the molecule is CCC[C@H](NCc1cc(=O)oc2cc(OC)ccc12)c1ccccc1. The molecule has 0 aliphatic heterocycles. The third-order valence-electron chi connectivity index (χ3n) is 4.36. The van der Waals surface area contributed by atoms with Crippen LogP contribution in [-0.2, 0) is 6.54 Å². The average Bonchev–Trinajstić information content (AvgIpc) is 2.64. The van der Waals surface area contributed by atoms with Gasteiger partial charge in [-0.2, -0.15) is 0 Å². The lowest BCUT2D eigenvalue weighted by Crippen LogP contribution is -2.21. The van der Waals surface area contributed by atoms with E-state index in [1.54, 1.807) is 19.2 Å². The van der Waals surface area contributed by atoms with E-state index in [0.29, 0.717) is 17.9 Å². The Labute approximate surface area is 147 Å². The fraction of sp³-hybridized carbons (Fsp3) is 0.286. The molecule has 1 atom stereocenters. The smallest absolute Gasteiger partial charge is 0.336 e. The summed E-state index contributed by atoms with van der Waals surface area (Å²) in [6.45, 7) is 2.78. The molecule has 3 rings (SSSR count). The Morgan fingerprint density at radius 3 is 2.64 bits per heavy atom. The Hall–Kier alpha value is -2.59. The van der Waals surface area contributed by atoms with Crippen LogP contribution in [0.2, 0.25) is 0 Å². The predicted octanol–water partition coefficient (Wildman–Crippen LogP) is 4.43. The first-order valence-corrected chi connectivity index (χ1v) is 8.60. The molecule has 2 aromatic carbocycles. The molecule has 0 aliphatic carbocycles. The third-order valence-corrected chi connectivity index (χ3v) is 4.36. The Morgan fingerprint density at radius 1 is 1.12 bits per heavy atom. The number of hydrogen-bond acceptors (Lipinski definition) is 4. The summed E-state index contributed by atoms with van der Waals surface area (Å²) in [5.41, 5.74) is 2.41. The summed E-state index contributed by atoms with van der Waals surface area (Å²) in [4.78, 5) is 11.9. The topological polar surface area (TPSA) is 51.5 Å². The van der Waals surface area contributed by atoms with Gasteiger partial charge in [-0.05, 0) is 29.7 Å². The first-order chi connectivity index (χ1) is 12.2. The number of methoxy groups -OCH3 is 1. The molecule has 25 heavy (non-hydrogen) atoms. The molecule has 0 unspecified atom stereocenters. The van der Waals surface area contributed by atoms with Gasteiger partial charge in [-0.1, -0.05) is 43.7 Å². The summed E-state index contributed by atoms with van der Waals surface area (Å²) < 4.78 is 10.5. The second-order valence-corrected chi connectivity index (χ2v) is 6.09. The van der Waals surface area contributed by atoms with Crippen LogP contribution in [0.4, 0.5) is 0 Å². The van der Waals surface area contributed by atoms with Crippen LogP contribution in [0.25, 0.3) is 11.0 Å². The van der Waals surface area contributed by atoms with Crippen molar-refractivity contribution in [3.8, 4) is 5.75 Å². The Bertz CT molecular complexity index is 887. The molecule has 130 valence electrons. The molecule has 0 amide bonds. The minimum absolute atomic E-state index is 0.256. The van der Waals surface area contributed by atoms with Gasteiger partial charge in [0.25, 0.3) is 0 Å². The van der Waals surface area contributed by atoms with Crippen molar-refractivity contribution in [2.75, 3.05) is 7.11 Å². The molecule has 4 nitrogen and oxygen atoms in total. The number of rotatable bonds is 7. The van der Waals surface area contributed by atoms with Crippen LogP contribution < -0.4 is 15.7 Å². The molecule has 0 radical (unpaired) electrons. The van der Waals surface area contributed by atoms with Crippen molar-refractivity contribution in [2.45, 2.75) is 32.4 Å². The van der Waals surface area contributed by atoms with Gasteiger partial charge in [0.1, 0.15) is 11.3 Å². The number of benzene rings is 2. The first-order valence-electron chi connectivity index (χ1n) is 8.60. The summed E-state index contributed by atoms with van der Waals surface area (Å²) in [6.07, 6.45) is 2.12. The highest BCUT2D eigenvalue weighted by Crippen LogP contribution is 2.24. The lowest BCUT2D eigenvalue weighted by atomic mass is 10.0. The van der Waals surface area contributed by atoms with Crippen molar-refractivity contribution in [2.24, 2.45) is 0 Å². The fourth-order valence-electron chi connectivity index (χ4n) is 3.08. The maximum absolute atomic E-state index is 11.9. The van der Waals surface area contributed by atoms with Crippen LogP contribution in [0.15, 0.2) is 63.8 Å². The Balaban J connectivity index is 1.87. The third kappa shape index (κ3) is 4.09. The first kappa shape index (κ1) is 17.2. The van der Waals surface area contributed by atoms with E-state index >= 15 is 0 Å². The zero-order valence-electron chi connectivity index (χ0n) is 14.6. The summed E-state index contributed by atoms with van der Waals surface area (Å²) in [5.74, 6) is 0.675.